The molecule has 0 radical (unpaired) electrons. The molecule has 3 unspecified atom stereocenters. The number of piperidine rings is 1. The van der Waals surface area contributed by atoms with E-state index < -0.39 is 0 Å². The zero-order chi connectivity index (χ0) is 10.3. The van der Waals surface area contributed by atoms with E-state index in [1.807, 2.05) is 0 Å². The Balaban J connectivity index is 1.56. The van der Waals surface area contributed by atoms with Crippen LogP contribution in [-0.4, -0.2) is 36.1 Å². The van der Waals surface area contributed by atoms with Gasteiger partial charge in [-0.1, -0.05) is 6.42 Å². The van der Waals surface area contributed by atoms with Crippen molar-refractivity contribution >= 4 is 0 Å². The third-order valence-electron chi connectivity index (χ3n) is 4.66. The summed E-state index contributed by atoms with van der Waals surface area (Å²) in [6, 6.07) is 2.46. The van der Waals surface area contributed by atoms with Crippen LogP contribution in [0.5, 0.6) is 0 Å². The molecule has 2 aliphatic heterocycles. The Kier molecular flexibility index (Phi) is 2.73. The van der Waals surface area contributed by atoms with Crippen LogP contribution in [0, 0.1) is 5.92 Å². The fourth-order valence-corrected chi connectivity index (χ4v) is 3.51. The summed E-state index contributed by atoms with van der Waals surface area (Å²) < 4.78 is 0. The van der Waals surface area contributed by atoms with Crippen molar-refractivity contribution in [2.24, 2.45) is 5.92 Å². The summed E-state index contributed by atoms with van der Waals surface area (Å²) in [7, 11) is 0. The van der Waals surface area contributed by atoms with Crippen molar-refractivity contribution in [3.8, 4) is 0 Å². The number of hydrogen-bond donors (Lipinski definition) is 1. The molecule has 86 valence electrons. The van der Waals surface area contributed by atoms with E-state index in [0.717, 1.165) is 24.0 Å². The summed E-state index contributed by atoms with van der Waals surface area (Å²) in [5, 5.41) is 3.90. The van der Waals surface area contributed by atoms with Gasteiger partial charge in [0.15, 0.2) is 0 Å². The van der Waals surface area contributed by atoms with Gasteiger partial charge in [0.1, 0.15) is 0 Å². The largest absolute Gasteiger partial charge is 0.310 e. The molecule has 2 saturated heterocycles. The molecule has 3 atom stereocenters. The van der Waals surface area contributed by atoms with Crippen LogP contribution in [0.3, 0.4) is 0 Å². The van der Waals surface area contributed by atoms with Gasteiger partial charge in [-0.3, -0.25) is 4.90 Å². The fraction of sp³-hybridized carbons (Fsp3) is 1.00. The highest BCUT2D eigenvalue weighted by molar-refractivity contribution is 4.96. The quantitative estimate of drug-likeness (QED) is 0.763. The van der Waals surface area contributed by atoms with E-state index in [1.165, 1.54) is 51.6 Å². The van der Waals surface area contributed by atoms with Gasteiger partial charge >= 0.3 is 0 Å². The highest BCUT2D eigenvalue weighted by Crippen LogP contribution is 2.34. The van der Waals surface area contributed by atoms with Gasteiger partial charge in [0.25, 0.3) is 0 Å². The minimum atomic E-state index is 0.775. The van der Waals surface area contributed by atoms with Crippen molar-refractivity contribution in [2.45, 2.75) is 63.6 Å². The molecule has 0 amide bonds. The number of nitrogens with zero attached hydrogens (tertiary/aromatic N) is 1. The molecule has 0 aromatic heterocycles. The lowest BCUT2D eigenvalue weighted by Gasteiger charge is -2.33. The predicted octanol–water partition coefficient (Wildman–Crippen LogP) is 2.00. The SMILES string of the molecule is CC(NC1CCN2CCCCC12)C1CC1. The smallest absolute Gasteiger partial charge is 0.0249 e. The van der Waals surface area contributed by atoms with Crippen LogP contribution in [0.4, 0.5) is 0 Å². The molecule has 0 aromatic carbocycles. The highest BCUT2D eigenvalue weighted by Gasteiger charge is 2.38. The summed E-state index contributed by atoms with van der Waals surface area (Å²) in [4.78, 5) is 2.72. The molecule has 3 aliphatic rings. The molecule has 1 saturated carbocycles. The summed E-state index contributed by atoms with van der Waals surface area (Å²) in [6.07, 6.45) is 8.65. The van der Waals surface area contributed by atoms with E-state index in [9.17, 15) is 0 Å². The molecule has 0 aromatic rings. The first-order chi connectivity index (χ1) is 7.34. The molecule has 0 spiro atoms. The molecular formula is C13H24N2. The van der Waals surface area contributed by atoms with Crippen LogP contribution in [0.2, 0.25) is 0 Å². The van der Waals surface area contributed by atoms with E-state index in [1.54, 1.807) is 0 Å². The summed E-state index contributed by atoms with van der Waals surface area (Å²) >= 11 is 0. The minimum Gasteiger partial charge on any atom is -0.310 e. The van der Waals surface area contributed by atoms with Crippen molar-refractivity contribution in [2.75, 3.05) is 13.1 Å². The first-order valence-electron chi connectivity index (χ1n) is 6.85. The monoisotopic (exact) mass is 208 g/mol. The highest BCUT2D eigenvalue weighted by atomic mass is 15.2. The van der Waals surface area contributed by atoms with Crippen LogP contribution in [0.1, 0.15) is 45.4 Å². The molecule has 2 nitrogen and oxygen atoms in total. The molecular weight excluding hydrogens is 184 g/mol. The molecule has 1 N–H and O–H groups in total. The Morgan fingerprint density at radius 3 is 2.73 bits per heavy atom. The topological polar surface area (TPSA) is 15.3 Å². The zero-order valence-corrected chi connectivity index (χ0v) is 9.91. The second-order valence-electron chi connectivity index (χ2n) is 5.79. The molecule has 3 fully saturated rings. The number of nitrogens with one attached hydrogen (secondary N) is 1. The molecule has 2 heteroatoms. The lowest BCUT2D eigenvalue weighted by atomic mass is 9.98. The van der Waals surface area contributed by atoms with Crippen LogP contribution >= 0.6 is 0 Å². The first kappa shape index (κ1) is 10.1. The van der Waals surface area contributed by atoms with Crippen LogP contribution < -0.4 is 5.32 Å². The van der Waals surface area contributed by atoms with Crippen molar-refractivity contribution in [1.29, 1.82) is 0 Å². The molecule has 1 aliphatic carbocycles. The Morgan fingerprint density at radius 2 is 1.93 bits per heavy atom. The third kappa shape index (κ3) is 2.07. The molecule has 0 bridgehead atoms. The van der Waals surface area contributed by atoms with Crippen LogP contribution in [0.15, 0.2) is 0 Å². The van der Waals surface area contributed by atoms with Crippen molar-refractivity contribution in [3.05, 3.63) is 0 Å². The van der Waals surface area contributed by atoms with Crippen LogP contribution in [0.25, 0.3) is 0 Å². The van der Waals surface area contributed by atoms with E-state index in [0.29, 0.717) is 0 Å². The Morgan fingerprint density at radius 1 is 1.07 bits per heavy atom. The van der Waals surface area contributed by atoms with Crippen molar-refractivity contribution < 1.29 is 0 Å². The summed E-state index contributed by atoms with van der Waals surface area (Å²) in [6.45, 7) is 5.10. The number of fused-ring (bicyclic) bond motifs is 1. The maximum absolute atomic E-state index is 3.90. The number of rotatable bonds is 3. The Hall–Kier alpha value is -0.0800. The standard InChI is InChI=1S/C13H24N2/c1-10(11-5-6-11)14-12-7-9-15-8-3-2-4-13(12)15/h10-14H,2-9H2,1H3. The third-order valence-corrected chi connectivity index (χ3v) is 4.66. The van der Waals surface area contributed by atoms with E-state index in [4.69, 9.17) is 0 Å². The van der Waals surface area contributed by atoms with Gasteiger partial charge in [-0.2, -0.15) is 0 Å². The van der Waals surface area contributed by atoms with Crippen molar-refractivity contribution in [1.82, 2.24) is 10.2 Å². The predicted molar refractivity (Wildman–Crippen MR) is 62.9 cm³/mol. The van der Waals surface area contributed by atoms with Crippen molar-refractivity contribution in [3.63, 3.8) is 0 Å². The van der Waals surface area contributed by atoms with E-state index >= 15 is 0 Å². The second kappa shape index (κ2) is 4.06. The lowest BCUT2D eigenvalue weighted by molar-refractivity contribution is 0.176. The van der Waals surface area contributed by atoms with E-state index in [-0.39, 0.29) is 0 Å². The first-order valence-corrected chi connectivity index (χ1v) is 6.85. The van der Waals surface area contributed by atoms with Gasteiger partial charge < -0.3 is 5.32 Å². The van der Waals surface area contributed by atoms with Gasteiger partial charge in [-0.25, -0.2) is 0 Å². The minimum absolute atomic E-state index is 0.775. The molecule has 15 heavy (non-hydrogen) atoms. The lowest BCUT2D eigenvalue weighted by Crippen LogP contribution is -2.48. The van der Waals surface area contributed by atoms with Gasteiger partial charge in [0.2, 0.25) is 0 Å². The second-order valence-corrected chi connectivity index (χ2v) is 5.79. The maximum atomic E-state index is 3.90. The average molecular weight is 208 g/mol. The summed E-state index contributed by atoms with van der Waals surface area (Å²) in [5.41, 5.74) is 0. The Bertz CT molecular complexity index is 225. The maximum Gasteiger partial charge on any atom is 0.0249 e. The number of hydrogen-bond acceptors (Lipinski definition) is 2. The average Bonchev–Trinajstić information content (AvgIpc) is 3.03. The van der Waals surface area contributed by atoms with E-state index in [2.05, 4.69) is 17.1 Å². The molecule has 2 heterocycles. The zero-order valence-electron chi connectivity index (χ0n) is 9.91. The van der Waals surface area contributed by atoms with Gasteiger partial charge in [-0.15, -0.1) is 0 Å². The normalized spacial score (nSPS) is 39.0. The Labute approximate surface area is 93.4 Å². The van der Waals surface area contributed by atoms with Gasteiger partial charge in [0.05, 0.1) is 0 Å². The fourth-order valence-electron chi connectivity index (χ4n) is 3.51. The van der Waals surface area contributed by atoms with Gasteiger partial charge in [-0.05, 0) is 51.5 Å². The molecule has 3 rings (SSSR count). The summed E-state index contributed by atoms with van der Waals surface area (Å²) in [5.74, 6) is 1.00. The van der Waals surface area contributed by atoms with Crippen LogP contribution in [-0.2, 0) is 0 Å². The van der Waals surface area contributed by atoms with Gasteiger partial charge in [0, 0.05) is 24.7 Å².